The summed E-state index contributed by atoms with van der Waals surface area (Å²) in [5, 5.41) is 4.82. The SMILES string of the molecule is CCCCNC(=O)NC(=O)CN(C)Cc1ccc(OC)c(OC(F)F)c1. The lowest BCUT2D eigenvalue weighted by Gasteiger charge is -2.17. The van der Waals surface area contributed by atoms with Crippen LogP contribution in [0, 0.1) is 0 Å². The number of carbonyl (C=O) groups is 2. The van der Waals surface area contributed by atoms with Crippen LogP contribution in [-0.4, -0.2) is 50.7 Å². The van der Waals surface area contributed by atoms with E-state index in [4.69, 9.17) is 4.74 Å². The van der Waals surface area contributed by atoms with Crippen molar-refractivity contribution in [2.45, 2.75) is 32.9 Å². The molecule has 0 unspecified atom stereocenters. The summed E-state index contributed by atoms with van der Waals surface area (Å²) in [6.07, 6.45) is 1.78. The first-order chi connectivity index (χ1) is 12.3. The molecule has 0 aromatic heterocycles. The van der Waals surface area contributed by atoms with Gasteiger partial charge in [0.1, 0.15) is 0 Å². The fourth-order valence-electron chi connectivity index (χ4n) is 2.21. The van der Waals surface area contributed by atoms with Crippen LogP contribution in [0.25, 0.3) is 0 Å². The highest BCUT2D eigenvalue weighted by Gasteiger charge is 2.14. The van der Waals surface area contributed by atoms with E-state index in [0.29, 0.717) is 18.7 Å². The summed E-state index contributed by atoms with van der Waals surface area (Å²) in [6.45, 7) is -0.193. The molecule has 2 N–H and O–H groups in total. The largest absolute Gasteiger partial charge is 0.493 e. The Labute approximate surface area is 151 Å². The molecule has 0 aliphatic carbocycles. The highest BCUT2D eigenvalue weighted by Crippen LogP contribution is 2.29. The Balaban J connectivity index is 2.55. The van der Waals surface area contributed by atoms with E-state index in [2.05, 4.69) is 15.4 Å². The smallest absolute Gasteiger partial charge is 0.387 e. The first kappa shape index (κ1) is 21.6. The van der Waals surface area contributed by atoms with E-state index in [0.717, 1.165) is 12.8 Å². The van der Waals surface area contributed by atoms with E-state index in [1.165, 1.54) is 19.2 Å². The average Bonchev–Trinajstić information content (AvgIpc) is 2.54. The summed E-state index contributed by atoms with van der Waals surface area (Å²) in [5.41, 5.74) is 0.657. The Morgan fingerprint density at radius 3 is 2.62 bits per heavy atom. The van der Waals surface area contributed by atoms with E-state index < -0.39 is 18.5 Å². The molecule has 9 heteroatoms. The van der Waals surface area contributed by atoms with Gasteiger partial charge in [0.05, 0.1) is 13.7 Å². The van der Waals surface area contributed by atoms with Gasteiger partial charge in [0.15, 0.2) is 11.5 Å². The lowest BCUT2D eigenvalue weighted by Crippen LogP contribution is -2.43. The number of imide groups is 1. The molecule has 0 bridgehead atoms. The topological polar surface area (TPSA) is 79.9 Å². The third kappa shape index (κ3) is 8.11. The van der Waals surface area contributed by atoms with Crippen molar-refractivity contribution in [3.05, 3.63) is 23.8 Å². The molecule has 146 valence electrons. The van der Waals surface area contributed by atoms with Crippen molar-refractivity contribution < 1.29 is 27.8 Å². The second-order valence-corrected chi connectivity index (χ2v) is 5.69. The van der Waals surface area contributed by atoms with Gasteiger partial charge in [0.25, 0.3) is 0 Å². The minimum absolute atomic E-state index is 0.0295. The Morgan fingerprint density at radius 1 is 1.27 bits per heavy atom. The number of unbranched alkanes of at least 4 members (excludes halogenated alkanes) is 1. The summed E-state index contributed by atoms with van der Waals surface area (Å²) in [4.78, 5) is 25.0. The molecule has 0 aliphatic heterocycles. The Morgan fingerprint density at radius 2 is 2.00 bits per heavy atom. The van der Waals surface area contributed by atoms with Crippen molar-refractivity contribution in [2.24, 2.45) is 0 Å². The molecule has 0 radical (unpaired) electrons. The van der Waals surface area contributed by atoms with Crippen LogP contribution in [0.1, 0.15) is 25.3 Å². The zero-order valence-corrected chi connectivity index (χ0v) is 15.2. The van der Waals surface area contributed by atoms with Crippen LogP contribution in [0.15, 0.2) is 18.2 Å². The number of halogens is 2. The van der Waals surface area contributed by atoms with Crippen molar-refractivity contribution in [1.29, 1.82) is 0 Å². The monoisotopic (exact) mass is 373 g/mol. The Hall–Kier alpha value is -2.42. The Kier molecular flexibility index (Phi) is 9.35. The number of ether oxygens (including phenoxy) is 2. The number of carbonyl (C=O) groups excluding carboxylic acids is 2. The second kappa shape index (κ2) is 11.2. The van der Waals surface area contributed by atoms with Crippen molar-refractivity contribution in [2.75, 3.05) is 27.2 Å². The van der Waals surface area contributed by atoms with Gasteiger partial charge in [-0.1, -0.05) is 19.4 Å². The number of rotatable bonds is 10. The normalized spacial score (nSPS) is 10.7. The van der Waals surface area contributed by atoms with E-state index in [9.17, 15) is 18.4 Å². The van der Waals surface area contributed by atoms with Crippen molar-refractivity contribution >= 4 is 11.9 Å². The third-order valence-corrected chi connectivity index (χ3v) is 3.38. The van der Waals surface area contributed by atoms with Gasteiger partial charge in [-0.15, -0.1) is 0 Å². The molecule has 1 aromatic carbocycles. The molecule has 3 amide bonds. The minimum Gasteiger partial charge on any atom is -0.493 e. The van der Waals surface area contributed by atoms with Crippen molar-refractivity contribution in [1.82, 2.24) is 15.5 Å². The van der Waals surface area contributed by atoms with Crippen molar-refractivity contribution in [3.63, 3.8) is 0 Å². The van der Waals surface area contributed by atoms with Crippen LogP contribution >= 0.6 is 0 Å². The van der Waals surface area contributed by atoms with Gasteiger partial charge in [-0.25, -0.2) is 4.79 Å². The Bertz CT molecular complexity index is 599. The quantitative estimate of drug-likeness (QED) is 0.616. The minimum atomic E-state index is -2.96. The molecule has 26 heavy (non-hydrogen) atoms. The average molecular weight is 373 g/mol. The van der Waals surface area contributed by atoms with Crippen LogP contribution in [0.3, 0.4) is 0 Å². The molecule has 1 aromatic rings. The summed E-state index contributed by atoms with van der Waals surface area (Å²) in [7, 11) is 3.03. The maximum atomic E-state index is 12.5. The fourth-order valence-corrected chi connectivity index (χ4v) is 2.21. The van der Waals surface area contributed by atoms with Gasteiger partial charge < -0.3 is 14.8 Å². The maximum absolute atomic E-state index is 12.5. The molecular formula is C17H25F2N3O4. The third-order valence-electron chi connectivity index (χ3n) is 3.38. The zero-order chi connectivity index (χ0) is 19.5. The summed E-state index contributed by atoms with van der Waals surface area (Å²) < 4.78 is 34.3. The maximum Gasteiger partial charge on any atom is 0.387 e. The van der Waals surface area contributed by atoms with Gasteiger partial charge in [-0.3, -0.25) is 15.0 Å². The highest BCUT2D eigenvalue weighted by atomic mass is 19.3. The predicted octanol–water partition coefficient (Wildman–Crippen LogP) is 2.35. The number of alkyl halides is 2. The number of nitrogens with zero attached hydrogens (tertiary/aromatic N) is 1. The molecule has 1 rings (SSSR count). The molecule has 0 fully saturated rings. The first-order valence-corrected chi connectivity index (χ1v) is 8.23. The first-order valence-electron chi connectivity index (χ1n) is 8.23. The van der Waals surface area contributed by atoms with E-state index in [-0.39, 0.29) is 18.0 Å². The number of likely N-dealkylation sites (N-methyl/N-ethyl adjacent to an activating group) is 1. The van der Waals surface area contributed by atoms with Crippen LogP contribution in [0.2, 0.25) is 0 Å². The number of methoxy groups -OCH3 is 1. The summed E-state index contributed by atoms with van der Waals surface area (Å²) in [5.74, 6) is -0.342. The number of hydrogen-bond acceptors (Lipinski definition) is 5. The molecule has 0 atom stereocenters. The van der Waals surface area contributed by atoms with Crippen molar-refractivity contribution in [3.8, 4) is 11.5 Å². The lowest BCUT2D eigenvalue weighted by atomic mass is 10.2. The van der Waals surface area contributed by atoms with Crippen LogP contribution in [0.4, 0.5) is 13.6 Å². The van der Waals surface area contributed by atoms with E-state index >= 15 is 0 Å². The van der Waals surface area contributed by atoms with Gasteiger partial charge in [-0.2, -0.15) is 8.78 Å². The number of benzene rings is 1. The number of nitrogens with one attached hydrogen (secondary N) is 2. The molecule has 0 heterocycles. The van der Waals surface area contributed by atoms with Crippen LogP contribution in [-0.2, 0) is 11.3 Å². The second-order valence-electron chi connectivity index (χ2n) is 5.69. The molecular weight excluding hydrogens is 348 g/mol. The van der Waals surface area contributed by atoms with E-state index in [1.807, 2.05) is 6.92 Å². The van der Waals surface area contributed by atoms with Crippen LogP contribution in [0.5, 0.6) is 11.5 Å². The van der Waals surface area contributed by atoms with Gasteiger partial charge in [-0.05, 0) is 31.2 Å². The van der Waals surface area contributed by atoms with Gasteiger partial charge in [0.2, 0.25) is 5.91 Å². The number of urea groups is 1. The van der Waals surface area contributed by atoms with Gasteiger partial charge in [0, 0.05) is 13.1 Å². The highest BCUT2D eigenvalue weighted by molar-refractivity contribution is 5.95. The summed E-state index contributed by atoms with van der Waals surface area (Å²) in [6, 6.07) is 4.09. The molecule has 0 spiro atoms. The molecule has 0 saturated carbocycles. The standard InChI is InChI=1S/C17H25F2N3O4/c1-4-5-8-20-17(24)21-15(23)11-22(2)10-12-6-7-13(25-3)14(9-12)26-16(18)19/h6-7,9,16H,4-5,8,10-11H2,1-3H3,(H2,20,21,23,24). The fraction of sp³-hybridized carbons (Fsp3) is 0.529. The van der Waals surface area contributed by atoms with Gasteiger partial charge >= 0.3 is 12.6 Å². The lowest BCUT2D eigenvalue weighted by molar-refractivity contribution is -0.120. The molecule has 7 nitrogen and oxygen atoms in total. The zero-order valence-electron chi connectivity index (χ0n) is 15.2. The number of hydrogen-bond donors (Lipinski definition) is 2. The molecule has 0 aliphatic rings. The number of amides is 3. The molecule has 0 saturated heterocycles. The predicted molar refractivity (Wildman–Crippen MR) is 92.4 cm³/mol. The summed E-state index contributed by atoms with van der Waals surface area (Å²) >= 11 is 0. The van der Waals surface area contributed by atoms with Crippen LogP contribution < -0.4 is 20.1 Å². The van der Waals surface area contributed by atoms with E-state index in [1.54, 1.807) is 18.0 Å².